The highest BCUT2D eigenvalue weighted by molar-refractivity contribution is 5.92. The van der Waals surface area contributed by atoms with Crippen molar-refractivity contribution in [3.05, 3.63) is 29.3 Å². The Labute approximate surface area is 93.4 Å². The Bertz CT molecular complexity index is 416. The van der Waals surface area contributed by atoms with E-state index < -0.39 is 11.9 Å². The van der Waals surface area contributed by atoms with Gasteiger partial charge < -0.3 is 16.2 Å². The summed E-state index contributed by atoms with van der Waals surface area (Å²) in [6, 6.07) is 5.00. The number of hydrogen-bond acceptors (Lipinski definition) is 4. The van der Waals surface area contributed by atoms with Crippen molar-refractivity contribution in [1.29, 1.82) is 0 Å². The molecule has 5 heteroatoms. The molecule has 0 aromatic heterocycles. The molecule has 0 aliphatic heterocycles. The molecule has 16 heavy (non-hydrogen) atoms. The molecule has 0 bridgehead atoms. The van der Waals surface area contributed by atoms with Crippen molar-refractivity contribution < 1.29 is 14.3 Å². The molecule has 4 N–H and O–H groups in total. The van der Waals surface area contributed by atoms with Crippen molar-refractivity contribution in [2.75, 3.05) is 12.3 Å². The summed E-state index contributed by atoms with van der Waals surface area (Å²) in [6.07, 6.45) is 0.0209. The molecule has 0 saturated carbocycles. The van der Waals surface area contributed by atoms with Crippen LogP contribution in [0.4, 0.5) is 5.69 Å². The van der Waals surface area contributed by atoms with Gasteiger partial charge in [0.05, 0.1) is 12.0 Å². The predicted octanol–water partition coefficient (Wildman–Crippen LogP) is 0.609. The number of nitrogens with two attached hydrogens (primary N) is 2. The normalized spacial score (nSPS) is 9.81. The largest absolute Gasteiger partial charge is 0.462 e. The molecule has 1 amide bonds. The summed E-state index contributed by atoms with van der Waals surface area (Å²) in [6.45, 7) is 1.72. The second kappa shape index (κ2) is 5.16. The highest BCUT2D eigenvalue weighted by Crippen LogP contribution is 2.16. The van der Waals surface area contributed by atoms with Gasteiger partial charge in [0.1, 0.15) is 6.61 Å². The summed E-state index contributed by atoms with van der Waals surface area (Å²) in [5, 5.41) is 0. The van der Waals surface area contributed by atoms with Gasteiger partial charge >= 0.3 is 5.97 Å². The molecule has 0 aliphatic carbocycles. The fourth-order valence-corrected chi connectivity index (χ4v) is 1.20. The first-order valence-electron chi connectivity index (χ1n) is 4.83. The van der Waals surface area contributed by atoms with Gasteiger partial charge in [0.15, 0.2) is 0 Å². The standard InChI is InChI=1S/C11H14N2O3/c1-7-8(3-2-4-9(7)12)11(15)16-6-5-10(13)14/h2-4H,5-6,12H2,1H3,(H2,13,14). The van der Waals surface area contributed by atoms with Gasteiger partial charge in [-0.1, -0.05) is 6.07 Å². The SMILES string of the molecule is Cc1c(N)cccc1C(=O)OCCC(N)=O. The van der Waals surface area contributed by atoms with Crippen molar-refractivity contribution in [3.63, 3.8) is 0 Å². The maximum Gasteiger partial charge on any atom is 0.338 e. The number of anilines is 1. The predicted molar refractivity (Wildman–Crippen MR) is 59.7 cm³/mol. The van der Waals surface area contributed by atoms with E-state index in [2.05, 4.69) is 0 Å². The van der Waals surface area contributed by atoms with Crippen LogP contribution in [0.5, 0.6) is 0 Å². The molecule has 0 spiro atoms. The van der Waals surface area contributed by atoms with Crippen LogP contribution in [0.3, 0.4) is 0 Å². The van der Waals surface area contributed by atoms with Gasteiger partial charge in [-0.05, 0) is 24.6 Å². The molecule has 0 heterocycles. The number of amides is 1. The van der Waals surface area contributed by atoms with Crippen LogP contribution >= 0.6 is 0 Å². The summed E-state index contributed by atoms with van der Waals surface area (Å²) in [4.78, 5) is 22.0. The van der Waals surface area contributed by atoms with Crippen LogP contribution < -0.4 is 11.5 Å². The van der Waals surface area contributed by atoms with Gasteiger partial charge in [-0.3, -0.25) is 4.79 Å². The van der Waals surface area contributed by atoms with Crippen LogP contribution in [0.25, 0.3) is 0 Å². The number of benzene rings is 1. The monoisotopic (exact) mass is 222 g/mol. The van der Waals surface area contributed by atoms with Gasteiger partial charge in [0.25, 0.3) is 0 Å². The Hall–Kier alpha value is -2.04. The number of esters is 1. The summed E-state index contributed by atoms with van der Waals surface area (Å²) in [5.74, 6) is -0.997. The molecule has 0 unspecified atom stereocenters. The van der Waals surface area contributed by atoms with E-state index in [9.17, 15) is 9.59 Å². The fraction of sp³-hybridized carbons (Fsp3) is 0.273. The highest BCUT2D eigenvalue weighted by atomic mass is 16.5. The lowest BCUT2D eigenvalue weighted by molar-refractivity contribution is -0.118. The van der Waals surface area contributed by atoms with Crippen molar-refractivity contribution >= 4 is 17.6 Å². The summed E-state index contributed by atoms with van der Waals surface area (Å²) >= 11 is 0. The molecule has 0 saturated heterocycles. The third-order valence-electron chi connectivity index (χ3n) is 2.18. The van der Waals surface area contributed by atoms with Crippen molar-refractivity contribution in [3.8, 4) is 0 Å². The zero-order valence-corrected chi connectivity index (χ0v) is 9.03. The topological polar surface area (TPSA) is 95.4 Å². The molecular formula is C11H14N2O3. The fourth-order valence-electron chi connectivity index (χ4n) is 1.20. The molecule has 5 nitrogen and oxygen atoms in total. The highest BCUT2D eigenvalue weighted by Gasteiger charge is 2.11. The smallest absolute Gasteiger partial charge is 0.338 e. The van der Waals surface area contributed by atoms with Crippen LogP contribution in [0.1, 0.15) is 22.3 Å². The first kappa shape index (κ1) is 12.0. The number of carbonyl (C=O) groups is 2. The minimum Gasteiger partial charge on any atom is -0.462 e. The van der Waals surface area contributed by atoms with E-state index in [1.807, 2.05) is 0 Å². The zero-order chi connectivity index (χ0) is 12.1. The Morgan fingerprint density at radius 2 is 2.06 bits per heavy atom. The number of hydrogen-bond donors (Lipinski definition) is 2. The average Bonchev–Trinajstić information content (AvgIpc) is 2.21. The van der Waals surface area contributed by atoms with Gasteiger partial charge in [0, 0.05) is 5.69 Å². The lowest BCUT2D eigenvalue weighted by atomic mass is 10.1. The van der Waals surface area contributed by atoms with E-state index in [-0.39, 0.29) is 13.0 Å². The number of nitrogen functional groups attached to an aromatic ring is 1. The van der Waals surface area contributed by atoms with E-state index in [4.69, 9.17) is 16.2 Å². The zero-order valence-electron chi connectivity index (χ0n) is 9.03. The van der Waals surface area contributed by atoms with E-state index in [0.29, 0.717) is 16.8 Å². The van der Waals surface area contributed by atoms with Crippen LogP contribution in [0, 0.1) is 6.92 Å². The van der Waals surface area contributed by atoms with Crippen molar-refractivity contribution in [2.24, 2.45) is 5.73 Å². The van der Waals surface area contributed by atoms with E-state index in [0.717, 1.165) is 0 Å². The Kier molecular flexibility index (Phi) is 3.88. The number of ether oxygens (including phenoxy) is 1. The molecular weight excluding hydrogens is 208 g/mol. The Morgan fingerprint density at radius 1 is 1.38 bits per heavy atom. The number of rotatable bonds is 4. The number of carbonyl (C=O) groups excluding carboxylic acids is 2. The lowest BCUT2D eigenvalue weighted by Gasteiger charge is -2.07. The first-order valence-corrected chi connectivity index (χ1v) is 4.83. The van der Waals surface area contributed by atoms with E-state index in [1.54, 1.807) is 25.1 Å². The second-order valence-corrected chi connectivity index (χ2v) is 3.37. The first-order chi connectivity index (χ1) is 7.52. The quantitative estimate of drug-likeness (QED) is 0.576. The summed E-state index contributed by atoms with van der Waals surface area (Å²) < 4.78 is 4.88. The molecule has 0 fully saturated rings. The lowest BCUT2D eigenvalue weighted by Crippen LogP contribution is -2.16. The maximum atomic E-state index is 11.6. The second-order valence-electron chi connectivity index (χ2n) is 3.37. The van der Waals surface area contributed by atoms with Crippen LogP contribution in [0.15, 0.2) is 18.2 Å². The Morgan fingerprint density at radius 3 is 2.69 bits per heavy atom. The van der Waals surface area contributed by atoms with E-state index >= 15 is 0 Å². The maximum absolute atomic E-state index is 11.6. The summed E-state index contributed by atoms with van der Waals surface area (Å²) in [7, 11) is 0. The molecule has 0 aliphatic rings. The molecule has 86 valence electrons. The van der Waals surface area contributed by atoms with Gasteiger partial charge in [-0.25, -0.2) is 4.79 Å². The minimum atomic E-state index is -0.503. The van der Waals surface area contributed by atoms with Crippen LogP contribution in [-0.4, -0.2) is 18.5 Å². The Balaban J connectivity index is 2.66. The third kappa shape index (κ3) is 2.98. The molecule has 0 atom stereocenters. The van der Waals surface area contributed by atoms with Crippen LogP contribution in [0.2, 0.25) is 0 Å². The molecule has 0 radical (unpaired) electrons. The van der Waals surface area contributed by atoms with Gasteiger partial charge in [-0.15, -0.1) is 0 Å². The van der Waals surface area contributed by atoms with Crippen molar-refractivity contribution in [1.82, 2.24) is 0 Å². The van der Waals surface area contributed by atoms with Gasteiger partial charge in [0.2, 0.25) is 5.91 Å². The minimum absolute atomic E-state index is 0.0115. The average molecular weight is 222 g/mol. The molecule has 1 aromatic carbocycles. The van der Waals surface area contributed by atoms with Crippen LogP contribution in [-0.2, 0) is 9.53 Å². The van der Waals surface area contributed by atoms with Crippen molar-refractivity contribution in [2.45, 2.75) is 13.3 Å². The van der Waals surface area contributed by atoms with E-state index in [1.165, 1.54) is 0 Å². The molecule has 1 aromatic rings. The van der Waals surface area contributed by atoms with Gasteiger partial charge in [-0.2, -0.15) is 0 Å². The third-order valence-corrected chi connectivity index (χ3v) is 2.18. The number of primary amides is 1. The summed E-state index contributed by atoms with van der Waals surface area (Å²) in [5.41, 5.74) is 12.2. The molecule has 1 rings (SSSR count).